The smallest absolute Gasteiger partial charge is 0.174 e. The molecule has 1 aliphatic heterocycles. The first-order valence-corrected chi connectivity index (χ1v) is 10.8. The molecule has 1 saturated heterocycles. The standard InChI is InChI=1S/C19H23N3O2S2/c1-14-5-6-17(10-15(14)2)21-19(25)22(12-16-4-3-8-20-11-16)18-7-9-26(23,24)13-18/h3-6,8,10-11,18H,7,9,12-13H2,1-2H3,(H,21,25)/t18-/m0/s1. The van der Waals surface area contributed by atoms with Crippen LogP contribution in [0.4, 0.5) is 5.69 Å². The van der Waals surface area contributed by atoms with Crippen molar-refractivity contribution in [1.29, 1.82) is 0 Å². The first-order chi connectivity index (χ1) is 12.3. The number of aromatic nitrogens is 1. The molecule has 1 aromatic carbocycles. The number of nitrogens with one attached hydrogen (secondary N) is 1. The van der Waals surface area contributed by atoms with Crippen LogP contribution >= 0.6 is 12.2 Å². The van der Waals surface area contributed by atoms with Gasteiger partial charge in [-0.15, -0.1) is 0 Å². The van der Waals surface area contributed by atoms with Gasteiger partial charge in [0, 0.05) is 30.7 Å². The van der Waals surface area contributed by atoms with E-state index < -0.39 is 9.84 Å². The van der Waals surface area contributed by atoms with E-state index in [9.17, 15) is 8.42 Å². The van der Waals surface area contributed by atoms with E-state index in [0.29, 0.717) is 18.1 Å². The molecule has 5 nitrogen and oxygen atoms in total. The summed E-state index contributed by atoms with van der Waals surface area (Å²) in [5.74, 6) is 0.357. The maximum absolute atomic E-state index is 12.0. The van der Waals surface area contributed by atoms with E-state index in [0.717, 1.165) is 11.3 Å². The molecule has 0 aliphatic carbocycles. The second-order valence-corrected chi connectivity index (χ2v) is 9.39. The number of hydrogen-bond donors (Lipinski definition) is 1. The Hall–Kier alpha value is -1.99. The second kappa shape index (κ2) is 7.72. The first-order valence-electron chi connectivity index (χ1n) is 8.58. The quantitative estimate of drug-likeness (QED) is 0.811. The number of rotatable bonds is 4. The van der Waals surface area contributed by atoms with Gasteiger partial charge in [-0.2, -0.15) is 0 Å². The van der Waals surface area contributed by atoms with Gasteiger partial charge in [0.25, 0.3) is 0 Å². The van der Waals surface area contributed by atoms with E-state index in [1.807, 2.05) is 29.2 Å². The van der Waals surface area contributed by atoms with Crippen LogP contribution in [0.15, 0.2) is 42.7 Å². The highest BCUT2D eigenvalue weighted by atomic mass is 32.2. The molecule has 1 atom stereocenters. The van der Waals surface area contributed by atoms with Gasteiger partial charge in [-0.05, 0) is 67.4 Å². The molecule has 3 rings (SSSR count). The van der Waals surface area contributed by atoms with Crippen molar-refractivity contribution in [3.8, 4) is 0 Å². The molecule has 0 radical (unpaired) electrons. The average Bonchev–Trinajstić information content (AvgIpc) is 2.96. The number of pyridine rings is 1. The van der Waals surface area contributed by atoms with Crippen molar-refractivity contribution in [3.63, 3.8) is 0 Å². The predicted molar refractivity (Wildman–Crippen MR) is 109 cm³/mol. The molecule has 2 heterocycles. The molecule has 138 valence electrons. The zero-order chi connectivity index (χ0) is 18.7. The van der Waals surface area contributed by atoms with Crippen LogP contribution in [-0.4, -0.2) is 41.0 Å². The number of anilines is 1. The van der Waals surface area contributed by atoms with Gasteiger partial charge in [0.15, 0.2) is 14.9 Å². The summed E-state index contributed by atoms with van der Waals surface area (Å²) in [6.07, 6.45) is 4.10. The van der Waals surface area contributed by atoms with E-state index in [-0.39, 0.29) is 17.5 Å². The van der Waals surface area contributed by atoms with E-state index in [1.165, 1.54) is 11.1 Å². The molecule has 0 bridgehead atoms. The summed E-state index contributed by atoms with van der Waals surface area (Å²) in [5.41, 5.74) is 4.31. The third kappa shape index (κ3) is 4.59. The fourth-order valence-corrected chi connectivity index (χ4v) is 5.15. The Morgan fingerprint density at radius 3 is 2.73 bits per heavy atom. The van der Waals surface area contributed by atoms with Crippen LogP contribution in [0.1, 0.15) is 23.1 Å². The van der Waals surface area contributed by atoms with E-state index in [2.05, 4.69) is 30.2 Å². The molecule has 7 heteroatoms. The first kappa shape index (κ1) is 18.8. The number of sulfone groups is 1. The molecule has 26 heavy (non-hydrogen) atoms. The molecule has 1 N–H and O–H groups in total. The van der Waals surface area contributed by atoms with E-state index in [1.54, 1.807) is 12.4 Å². The highest BCUT2D eigenvalue weighted by Gasteiger charge is 2.33. The maximum Gasteiger partial charge on any atom is 0.174 e. The Kier molecular flexibility index (Phi) is 5.58. The third-order valence-electron chi connectivity index (χ3n) is 4.74. The van der Waals surface area contributed by atoms with Gasteiger partial charge < -0.3 is 10.2 Å². The van der Waals surface area contributed by atoms with Gasteiger partial charge >= 0.3 is 0 Å². The van der Waals surface area contributed by atoms with Crippen LogP contribution in [0.3, 0.4) is 0 Å². The van der Waals surface area contributed by atoms with Crippen molar-refractivity contribution in [1.82, 2.24) is 9.88 Å². The molecular formula is C19H23N3O2S2. The van der Waals surface area contributed by atoms with Crippen LogP contribution in [0.2, 0.25) is 0 Å². The Morgan fingerprint density at radius 1 is 1.31 bits per heavy atom. The zero-order valence-electron chi connectivity index (χ0n) is 15.0. The van der Waals surface area contributed by atoms with Crippen molar-refractivity contribution in [2.75, 3.05) is 16.8 Å². The molecule has 0 amide bonds. The summed E-state index contributed by atoms with van der Waals surface area (Å²) in [6.45, 7) is 4.65. The summed E-state index contributed by atoms with van der Waals surface area (Å²) in [4.78, 5) is 6.13. The van der Waals surface area contributed by atoms with Crippen molar-refractivity contribution in [3.05, 3.63) is 59.4 Å². The number of hydrogen-bond acceptors (Lipinski definition) is 4. The van der Waals surface area contributed by atoms with Gasteiger partial charge in [0.2, 0.25) is 0 Å². The Morgan fingerprint density at radius 2 is 2.12 bits per heavy atom. The molecule has 0 spiro atoms. The number of nitrogens with zero attached hydrogens (tertiary/aromatic N) is 2. The number of benzene rings is 1. The summed E-state index contributed by atoms with van der Waals surface area (Å²) >= 11 is 5.64. The van der Waals surface area contributed by atoms with Crippen LogP contribution in [0.5, 0.6) is 0 Å². The average molecular weight is 390 g/mol. The van der Waals surface area contributed by atoms with E-state index >= 15 is 0 Å². The molecule has 2 aromatic rings. The molecule has 0 unspecified atom stereocenters. The molecule has 0 saturated carbocycles. The largest absolute Gasteiger partial charge is 0.341 e. The minimum Gasteiger partial charge on any atom is -0.341 e. The normalized spacial score (nSPS) is 18.5. The highest BCUT2D eigenvalue weighted by molar-refractivity contribution is 7.91. The van der Waals surface area contributed by atoms with Crippen molar-refractivity contribution in [2.24, 2.45) is 0 Å². The second-order valence-electron chi connectivity index (χ2n) is 6.78. The lowest BCUT2D eigenvalue weighted by molar-refractivity contribution is 0.332. The third-order valence-corrected chi connectivity index (χ3v) is 6.83. The Bertz CT molecular complexity index is 898. The summed E-state index contributed by atoms with van der Waals surface area (Å²) in [5, 5.41) is 3.82. The SMILES string of the molecule is Cc1ccc(NC(=S)N(Cc2cccnc2)[C@H]2CCS(=O)(=O)C2)cc1C. The lowest BCUT2D eigenvalue weighted by atomic mass is 10.1. The number of aryl methyl sites for hydroxylation is 2. The van der Waals surface area contributed by atoms with Gasteiger partial charge in [-0.3, -0.25) is 4.98 Å². The topological polar surface area (TPSA) is 62.3 Å². The minimum absolute atomic E-state index is 0.119. The monoisotopic (exact) mass is 389 g/mol. The molecule has 1 aromatic heterocycles. The molecule has 1 aliphatic rings. The minimum atomic E-state index is -3.00. The van der Waals surface area contributed by atoms with Crippen molar-refractivity contribution >= 4 is 32.9 Å². The fourth-order valence-electron chi connectivity index (χ4n) is 3.09. The van der Waals surface area contributed by atoms with Crippen molar-refractivity contribution in [2.45, 2.75) is 32.9 Å². The molecule has 1 fully saturated rings. The lowest BCUT2D eigenvalue weighted by Crippen LogP contribution is -2.43. The predicted octanol–water partition coefficient (Wildman–Crippen LogP) is 3.08. The van der Waals surface area contributed by atoms with Crippen LogP contribution < -0.4 is 5.32 Å². The van der Waals surface area contributed by atoms with E-state index in [4.69, 9.17) is 12.2 Å². The van der Waals surface area contributed by atoms with Crippen LogP contribution in [0.25, 0.3) is 0 Å². The number of thiocarbonyl (C=S) groups is 1. The van der Waals surface area contributed by atoms with Crippen LogP contribution in [-0.2, 0) is 16.4 Å². The highest BCUT2D eigenvalue weighted by Crippen LogP contribution is 2.22. The van der Waals surface area contributed by atoms with Crippen LogP contribution in [0, 0.1) is 13.8 Å². The lowest BCUT2D eigenvalue weighted by Gasteiger charge is -2.31. The zero-order valence-corrected chi connectivity index (χ0v) is 16.6. The van der Waals surface area contributed by atoms with Gasteiger partial charge in [-0.25, -0.2) is 8.42 Å². The maximum atomic E-state index is 12.0. The van der Waals surface area contributed by atoms with Gasteiger partial charge in [-0.1, -0.05) is 12.1 Å². The summed E-state index contributed by atoms with van der Waals surface area (Å²) in [7, 11) is -3.00. The van der Waals surface area contributed by atoms with Gasteiger partial charge in [0.1, 0.15) is 0 Å². The van der Waals surface area contributed by atoms with Crippen molar-refractivity contribution < 1.29 is 8.42 Å². The fraction of sp³-hybridized carbons (Fsp3) is 0.368. The van der Waals surface area contributed by atoms with Gasteiger partial charge in [0.05, 0.1) is 11.5 Å². The summed E-state index contributed by atoms with van der Waals surface area (Å²) in [6, 6.07) is 9.82. The Balaban J connectivity index is 1.81. The Labute approximate surface area is 160 Å². The molecular weight excluding hydrogens is 366 g/mol. The summed E-state index contributed by atoms with van der Waals surface area (Å²) < 4.78 is 23.9.